The molecule has 1 aliphatic rings. The number of hydrogen-bond acceptors (Lipinski definition) is 3. The molecule has 136 valence electrons. The van der Waals surface area contributed by atoms with Crippen molar-refractivity contribution in [3.05, 3.63) is 37.4 Å². The van der Waals surface area contributed by atoms with Crippen molar-refractivity contribution in [2.45, 2.75) is 50.0 Å². The molecule has 0 atom stereocenters. The molecule has 1 fully saturated rings. The average molecular weight is 556 g/mol. The van der Waals surface area contributed by atoms with Gasteiger partial charge in [-0.2, -0.15) is 5.10 Å². The first-order chi connectivity index (χ1) is 11.8. The molecule has 2 aromatic rings. The second kappa shape index (κ2) is 7.70. The number of nitrogens with one attached hydrogen (secondary N) is 1. The third-order valence-corrected chi connectivity index (χ3v) is 8.08. The predicted octanol–water partition coefficient (Wildman–Crippen LogP) is 5.65. The number of halogens is 3. The molecule has 1 saturated carbocycles. The van der Waals surface area contributed by atoms with Crippen LogP contribution in [0.2, 0.25) is 0 Å². The largest absolute Gasteiger partial charge is 0.276 e. The second-order valence-electron chi connectivity index (χ2n) is 6.05. The number of hydrogen-bond donors (Lipinski definition) is 1. The quantitative estimate of drug-likeness (QED) is 0.518. The summed E-state index contributed by atoms with van der Waals surface area (Å²) in [7, 11) is -3.75. The summed E-state index contributed by atoms with van der Waals surface area (Å²) in [6.45, 7) is 2.02. The minimum absolute atomic E-state index is 0.173. The number of sulfonamides is 1. The lowest BCUT2D eigenvalue weighted by Crippen LogP contribution is -2.16. The fourth-order valence-electron chi connectivity index (χ4n) is 3.27. The van der Waals surface area contributed by atoms with Crippen LogP contribution in [0.4, 0.5) is 5.69 Å². The zero-order valence-corrected chi connectivity index (χ0v) is 19.2. The van der Waals surface area contributed by atoms with Crippen LogP contribution in [0.25, 0.3) is 0 Å². The third-order valence-electron chi connectivity index (χ3n) is 4.38. The molecule has 5 nitrogen and oxygen atoms in total. The van der Waals surface area contributed by atoms with E-state index in [1.165, 1.54) is 12.8 Å². The van der Waals surface area contributed by atoms with E-state index in [0.29, 0.717) is 20.7 Å². The standard InChI is InChI=1S/C16H18Br3N3O2S/c1-2-15-14(9-20-22(15)11-5-3-4-6-11)21-25(23,24)16-12(18)7-10(17)8-13(16)19/h7-9,11,21H,2-6H2,1H3. The van der Waals surface area contributed by atoms with Gasteiger partial charge in [0.2, 0.25) is 0 Å². The van der Waals surface area contributed by atoms with Crippen LogP contribution < -0.4 is 4.72 Å². The number of benzene rings is 1. The maximum atomic E-state index is 12.9. The summed E-state index contributed by atoms with van der Waals surface area (Å²) in [6.07, 6.45) is 6.95. The molecule has 1 aromatic heterocycles. The van der Waals surface area contributed by atoms with Gasteiger partial charge in [0, 0.05) is 13.4 Å². The summed E-state index contributed by atoms with van der Waals surface area (Å²) in [5, 5.41) is 4.46. The highest BCUT2D eigenvalue weighted by molar-refractivity contribution is 9.11. The van der Waals surface area contributed by atoms with Gasteiger partial charge in [0.15, 0.2) is 0 Å². The van der Waals surface area contributed by atoms with Gasteiger partial charge >= 0.3 is 0 Å². The van der Waals surface area contributed by atoms with Gasteiger partial charge in [-0.1, -0.05) is 35.7 Å². The maximum absolute atomic E-state index is 12.9. The minimum Gasteiger partial charge on any atom is -0.276 e. The van der Waals surface area contributed by atoms with Crippen molar-refractivity contribution < 1.29 is 8.42 Å². The van der Waals surface area contributed by atoms with Gasteiger partial charge in [-0.25, -0.2) is 8.42 Å². The molecule has 3 rings (SSSR count). The van der Waals surface area contributed by atoms with Crippen molar-refractivity contribution in [2.75, 3.05) is 4.72 Å². The smallest absolute Gasteiger partial charge is 0.264 e. The Bertz CT molecular complexity index is 867. The summed E-state index contributed by atoms with van der Waals surface area (Å²) < 4.78 is 32.3. The number of anilines is 1. The van der Waals surface area contributed by atoms with Gasteiger partial charge in [-0.05, 0) is 63.3 Å². The first kappa shape index (κ1) is 19.4. The maximum Gasteiger partial charge on any atom is 0.264 e. The molecule has 25 heavy (non-hydrogen) atoms. The summed E-state index contributed by atoms with van der Waals surface area (Å²) in [5.41, 5.74) is 1.48. The normalized spacial score (nSPS) is 15.7. The number of aromatic nitrogens is 2. The van der Waals surface area contributed by atoms with E-state index in [-0.39, 0.29) is 4.90 Å². The van der Waals surface area contributed by atoms with Crippen LogP contribution in [0.1, 0.15) is 44.3 Å². The average Bonchev–Trinajstić information content (AvgIpc) is 3.13. The van der Waals surface area contributed by atoms with E-state index >= 15 is 0 Å². The van der Waals surface area contributed by atoms with Crippen molar-refractivity contribution >= 4 is 63.5 Å². The Morgan fingerprint density at radius 2 is 1.80 bits per heavy atom. The SMILES string of the molecule is CCc1c(NS(=O)(=O)c2c(Br)cc(Br)cc2Br)cnn1C1CCCC1. The molecule has 0 aliphatic heterocycles. The molecule has 0 bridgehead atoms. The highest BCUT2D eigenvalue weighted by atomic mass is 79.9. The Morgan fingerprint density at radius 3 is 2.36 bits per heavy atom. The first-order valence-corrected chi connectivity index (χ1v) is 11.9. The molecule has 1 heterocycles. The van der Waals surface area contributed by atoms with Crippen molar-refractivity contribution in [1.29, 1.82) is 0 Å². The molecular weight excluding hydrogens is 538 g/mol. The van der Waals surface area contributed by atoms with E-state index in [9.17, 15) is 8.42 Å². The van der Waals surface area contributed by atoms with Gasteiger partial charge < -0.3 is 0 Å². The van der Waals surface area contributed by atoms with Gasteiger partial charge in [-0.3, -0.25) is 9.40 Å². The minimum atomic E-state index is -3.75. The van der Waals surface area contributed by atoms with Crippen LogP contribution >= 0.6 is 47.8 Å². The monoisotopic (exact) mass is 553 g/mol. The van der Waals surface area contributed by atoms with E-state index < -0.39 is 10.0 Å². The van der Waals surface area contributed by atoms with E-state index in [4.69, 9.17) is 0 Å². The van der Waals surface area contributed by atoms with Crippen molar-refractivity contribution in [3.8, 4) is 0 Å². The molecule has 1 N–H and O–H groups in total. The van der Waals surface area contributed by atoms with E-state index in [2.05, 4.69) is 57.6 Å². The molecule has 0 unspecified atom stereocenters. The van der Waals surface area contributed by atoms with Crippen molar-refractivity contribution in [3.63, 3.8) is 0 Å². The van der Waals surface area contributed by atoms with Gasteiger partial charge in [0.05, 0.1) is 23.6 Å². The number of rotatable bonds is 5. The van der Waals surface area contributed by atoms with E-state index in [1.807, 2.05) is 11.6 Å². The Labute approximate surface area is 173 Å². The zero-order chi connectivity index (χ0) is 18.2. The summed E-state index contributed by atoms with van der Waals surface area (Å²) >= 11 is 10.0. The Hall–Kier alpha value is -0.380. The first-order valence-electron chi connectivity index (χ1n) is 8.07. The lowest BCUT2D eigenvalue weighted by molar-refractivity contribution is 0.451. The van der Waals surface area contributed by atoms with Gasteiger partial charge in [0.25, 0.3) is 10.0 Å². The van der Waals surface area contributed by atoms with Gasteiger partial charge in [0.1, 0.15) is 4.90 Å². The van der Waals surface area contributed by atoms with Crippen molar-refractivity contribution in [1.82, 2.24) is 9.78 Å². The van der Waals surface area contributed by atoms with Crippen LogP contribution in [-0.2, 0) is 16.4 Å². The van der Waals surface area contributed by atoms with Crippen LogP contribution in [0.3, 0.4) is 0 Å². The van der Waals surface area contributed by atoms with Crippen LogP contribution in [0, 0.1) is 0 Å². The lowest BCUT2D eigenvalue weighted by atomic mass is 10.2. The Kier molecular flexibility index (Phi) is 5.97. The van der Waals surface area contributed by atoms with E-state index in [1.54, 1.807) is 18.3 Å². The molecule has 0 radical (unpaired) electrons. The van der Waals surface area contributed by atoms with Crippen LogP contribution in [0.15, 0.2) is 36.6 Å². The zero-order valence-electron chi connectivity index (χ0n) is 13.6. The van der Waals surface area contributed by atoms with Crippen LogP contribution in [-0.4, -0.2) is 18.2 Å². The molecule has 0 spiro atoms. The van der Waals surface area contributed by atoms with E-state index in [0.717, 1.165) is 29.4 Å². The molecule has 0 amide bonds. The molecule has 1 aromatic carbocycles. The van der Waals surface area contributed by atoms with Crippen LogP contribution in [0.5, 0.6) is 0 Å². The summed E-state index contributed by atoms with van der Waals surface area (Å²) in [5.74, 6) is 0. The molecule has 9 heteroatoms. The summed E-state index contributed by atoms with van der Waals surface area (Å²) in [6, 6.07) is 3.80. The second-order valence-corrected chi connectivity index (χ2v) is 10.3. The Morgan fingerprint density at radius 1 is 1.20 bits per heavy atom. The van der Waals surface area contributed by atoms with Crippen molar-refractivity contribution in [2.24, 2.45) is 0 Å². The fourth-order valence-corrected chi connectivity index (χ4v) is 8.00. The molecular formula is C16H18Br3N3O2S. The Balaban J connectivity index is 1.97. The highest BCUT2D eigenvalue weighted by Crippen LogP contribution is 2.36. The fraction of sp³-hybridized carbons (Fsp3) is 0.438. The summed E-state index contributed by atoms with van der Waals surface area (Å²) in [4.78, 5) is 0.173. The predicted molar refractivity (Wildman–Crippen MR) is 109 cm³/mol. The number of nitrogens with zero attached hydrogens (tertiary/aromatic N) is 2. The van der Waals surface area contributed by atoms with Gasteiger partial charge in [-0.15, -0.1) is 0 Å². The molecule has 1 aliphatic carbocycles. The highest BCUT2D eigenvalue weighted by Gasteiger charge is 2.26. The lowest BCUT2D eigenvalue weighted by Gasteiger charge is -2.15. The third kappa shape index (κ3) is 3.99. The molecule has 0 saturated heterocycles. The topological polar surface area (TPSA) is 64.0 Å².